The number of piperidine rings is 1. The molecule has 0 aromatic carbocycles. The molecule has 0 aromatic rings. The van der Waals surface area contributed by atoms with E-state index in [1.165, 1.54) is 4.31 Å². The first-order valence-electron chi connectivity index (χ1n) is 7.50. The van der Waals surface area contributed by atoms with Crippen molar-refractivity contribution in [3.8, 4) is 0 Å². The molecule has 2 amide bonds. The largest absolute Gasteiger partial charge is 0.354 e. The number of sulfonamides is 1. The van der Waals surface area contributed by atoms with Crippen molar-refractivity contribution < 1.29 is 18.0 Å². The zero-order valence-electron chi connectivity index (χ0n) is 12.3. The zero-order valence-corrected chi connectivity index (χ0v) is 13.1. The molecule has 7 nitrogen and oxygen atoms in total. The summed E-state index contributed by atoms with van der Waals surface area (Å²) in [7, 11) is -3.35. The first-order chi connectivity index (χ1) is 9.94. The van der Waals surface area contributed by atoms with Gasteiger partial charge in [0.15, 0.2) is 0 Å². The van der Waals surface area contributed by atoms with Crippen LogP contribution in [0.25, 0.3) is 0 Å². The van der Waals surface area contributed by atoms with E-state index in [2.05, 4.69) is 10.6 Å². The molecule has 2 heterocycles. The lowest BCUT2D eigenvalue weighted by molar-refractivity contribution is -0.127. The summed E-state index contributed by atoms with van der Waals surface area (Å²) in [5.41, 5.74) is 0. The third kappa shape index (κ3) is 3.94. The molecule has 0 aromatic heterocycles. The number of hydrogen-bond donors (Lipinski definition) is 2. The molecule has 2 fully saturated rings. The van der Waals surface area contributed by atoms with Crippen LogP contribution in [0, 0.1) is 0 Å². The Morgan fingerprint density at radius 1 is 1.43 bits per heavy atom. The summed E-state index contributed by atoms with van der Waals surface area (Å²) in [4.78, 5) is 23.4. The maximum Gasteiger partial charge on any atom is 0.238 e. The van der Waals surface area contributed by atoms with Crippen LogP contribution in [-0.4, -0.2) is 55.5 Å². The van der Waals surface area contributed by atoms with Crippen LogP contribution in [0.4, 0.5) is 0 Å². The SMILES string of the molecule is CCCS(=O)(=O)N1CCCC1C(=O)NC1CCC(=O)NC1. The van der Waals surface area contributed by atoms with Crippen LogP contribution in [-0.2, 0) is 19.6 Å². The van der Waals surface area contributed by atoms with Gasteiger partial charge in [-0.2, -0.15) is 4.31 Å². The van der Waals surface area contributed by atoms with Crippen molar-refractivity contribution in [2.75, 3.05) is 18.8 Å². The van der Waals surface area contributed by atoms with Crippen molar-refractivity contribution in [2.24, 2.45) is 0 Å². The van der Waals surface area contributed by atoms with E-state index < -0.39 is 16.1 Å². The van der Waals surface area contributed by atoms with Crippen LogP contribution in [0.15, 0.2) is 0 Å². The molecule has 2 saturated heterocycles. The molecule has 2 aliphatic heterocycles. The Bertz CT molecular complexity index is 496. The van der Waals surface area contributed by atoms with Gasteiger partial charge < -0.3 is 10.6 Å². The lowest BCUT2D eigenvalue weighted by atomic mass is 10.1. The van der Waals surface area contributed by atoms with Gasteiger partial charge in [0.2, 0.25) is 21.8 Å². The molecule has 120 valence electrons. The molecular weight excluding hydrogens is 294 g/mol. The number of carbonyl (C=O) groups is 2. The number of nitrogens with one attached hydrogen (secondary N) is 2. The summed E-state index contributed by atoms with van der Waals surface area (Å²) in [5, 5.41) is 5.57. The Balaban J connectivity index is 1.96. The fourth-order valence-electron chi connectivity index (χ4n) is 2.86. The molecule has 2 unspecified atom stereocenters. The highest BCUT2D eigenvalue weighted by molar-refractivity contribution is 7.89. The average Bonchev–Trinajstić information content (AvgIpc) is 2.91. The Kier molecular flexibility index (Phi) is 5.21. The standard InChI is InChI=1S/C13H23N3O4S/c1-2-8-21(19,20)16-7-3-4-11(16)13(18)15-10-5-6-12(17)14-9-10/h10-11H,2-9H2,1H3,(H,14,17)(H,15,18). The number of rotatable bonds is 5. The number of amides is 2. The predicted octanol–water partition coefficient (Wildman–Crippen LogP) is -0.415. The second kappa shape index (κ2) is 6.74. The van der Waals surface area contributed by atoms with Crippen molar-refractivity contribution in [1.29, 1.82) is 0 Å². The second-order valence-electron chi connectivity index (χ2n) is 5.63. The molecule has 2 N–H and O–H groups in total. The minimum absolute atomic E-state index is 0.00600. The molecule has 0 spiro atoms. The predicted molar refractivity (Wildman–Crippen MR) is 78.0 cm³/mol. The van der Waals surface area contributed by atoms with Crippen molar-refractivity contribution in [1.82, 2.24) is 14.9 Å². The lowest BCUT2D eigenvalue weighted by Crippen LogP contribution is -2.53. The molecule has 2 aliphatic rings. The van der Waals surface area contributed by atoms with Gasteiger partial charge in [0.25, 0.3) is 0 Å². The minimum atomic E-state index is -3.35. The van der Waals surface area contributed by atoms with E-state index in [1.54, 1.807) is 0 Å². The minimum Gasteiger partial charge on any atom is -0.354 e. The Labute approximate surface area is 125 Å². The van der Waals surface area contributed by atoms with Crippen molar-refractivity contribution in [3.05, 3.63) is 0 Å². The van der Waals surface area contributed by atoms with Crippen LogP contribution in [0.1, 0.15) is 39.0 Å². The Hall–Kier alpha value is -1.15. The highest BCUT2D eigenvalue weighted by Gasteiger charge is 2.38. The molecule has 21 heavy (non-hydrogen) atoms. The monoisotopic (exact) mass is 317 g/mol. The molecule has 0 aliphatic carbocycles. The van der Waals surface area contributed by atoms with Crippen molar-refractivity contribution in [2.45, 2.75) is 51.1 Å². The number of hydrogen-bond acceptors (Lipinski definition) is 4. The summed E-state index contributed by atoms with van der Waals surface area (Å²) in [6, 6.07) is -0.703. The highest BCUT2D eigenvalue weighted by Crippen LogP contribution is 2.22. The van der Waals surface area contributed by atoms with E-state index >= 15 is 0 Å². The van der Waals surface area contributed by atoms with Gasteiger partial charge in [0.1, 0.15) is 6.04 Å². The number of carbonyl (C=O) groups excluding carboxylic acids is 2. The maximum atomic E-state index is 12.3. The maximum absolute atomic E-state index is 12.3. The molecular formula is C13H23N3O4S. The Morgan fingerprint density at radius 3 is 2.81 bits per heavy atom. The second-order valence-corrected chi connectivity index (χ2v) is 7.67. The van der Waals surface area contributed by atoms with E-state index in [1.807, 2.05) is 6.92 Å². The highest BCUT2D eigenvalue weighted by atomic mass is 32.2. The fourth-order valence-corrected chi connectivity index (χ4v) is 4.61. The van der Waals surface area contributed by atoms with Crippen LogP contribution < -0.4 is 10.6 Å². The zero-order chi connectivity index (χ0) is 15.5. The van der Waals surface area contributed by atoms with E-state index in [0.29, 0.717) is 45.2 Å². The third-order valence-electron chi connectivity index (χ3n) is 3.94. The summed E-state index contributed by atoms with van der Waals surface area (Å²) in [6.07, 6.45) is 2.82. The van der Waals surface area contributed by atoms with Gasteiger partial charge in [0, 0.05) is 25.6 Å². The van der Waals surface area contributed by atoms with Gasteiger partial charge >= 0.3 is 0 Å². The normalized spacial score (nSPS) is 27.4. The molecule has 2 atom stereocenters. The molecule has 0 radical (unpaired) electrons. The van der Waals surface area contributed by atoms with Gasteiger partial charge in [-0.1, -0.05) is 6.92 Å². The van der Waals surface area contributed by atoms with Crippen LogP contribution in [0.3, 0.4) is 0 Å². The van der Waals surface area contributed by atoms with Gasteiger partial charge in [-0.3, -0.25) is 9.59 Å². The first kappa shape index (κ1) is 16.2. The van der Waals surface area contributed by atoms with Gasteiger partial charge in [0.05, 0.1) is 5.75 Å². The molecule has 0 saturated carbocycles. The molecule has 2 rings (SSSR count). The smallest absolute Gasteiger partial charge is 0.238 e. The number of nitrogens with zero attached hydrogens (tertiary/aromatic N) is 1. The van der Waals surface area contributed by atoms with Crippen molar-refractivity contribution in [3.63, 3.8) is 0 Å². The van der Waals surface area contributed by atoms with E-state index in [0.717, 1.165) is 0 Å². The molecule has 0 bridgehead atoms. The third-order valence-corrected chi connectivity index (χ3v) is 6.01. The van der Waals surface area contributed by atoms with Crippen LogP contribution in [0.5, 0.6) is 0 Å². The van der Waals surface area contributed by atoms with Gasteiger partial charge in [-0.25, -0.2) is 8.42 Å². The first-order valence-corrected chi connectivity index (χ1v) is 9.11. The van der Waals surface area contributed by atoms with E-state index in [4.69, 9.17) is 0 Å². The van der Waals surface area contributed by atoms with E-state index in [-0.39, 0.29) is 23.6 Å². The summed E-state index contributed by atoms with van der Waals surface area (Å²) in [6.45, 7) is 2.65. The summed E-state index contributed by atoms with van der Waals surface area (Å²) in [5.74, 6) is -0.169. The summed E-state index contributed by atoms with van der Waals surface area (Å²) >= 11 is 0. The average molecular weight is 317 g/mol. The topological polar surface area (TPSA) is 95.6 Å². The molecule has 8 heteroatoms. The van der Waals surface area contributed by atoms with Gasteiger partial charge in [-0.05, 0) is 25.7 Å². The van der Waals surface area contributed by atoms with Gasteiger partial charge in [-0.15, -0.1) is 0 Å². The fraction of sp³-hybridized carbons (Fsp3) is 0.846. The summed E-state index contributed by atoms with van der Waals surface area (Å²) < 4.78 is 25.7. The van der Waals surface area contributed by atoms with Crippen LogP contribution in [0.2, 0.25) is 0 Å². The quantitative estimate of drug-likeness (QED) is 0.720. The van der Waals surface area contributed by atoms with Crippen molar-refractivity contribution >= 4 is 21.8 Å². The van der Waals surface area contributed by atoms with Crippen LogP contribution >= 0.6 is 0 Å². The van der Waals surface area contributed by atoms with E-state index in [9.17, 15) is 18.0 Å². The Morgan fingerprint density at radius 2 is 2.19 bits per heavy atom. The lowest BCUT2D eigenvalue weighted by Gasteiger charge is -2.28.